The van der Waals surface area contributed by atoms with E-state index in [-0.39, 0.29) is 11.8 Å². The summed E-state index contributed by atoms with van der Waals surface area (Å²) >= 11 is 0. The smallest absolute Gasteiger partial charge is 0.230 e. The minimum Gasteiger partial charge on any atom is -0.367 e. The number of hydrogen-bond acceptors (Lipinski definition) is 3. The molecule has 0 spiro atoms. The van der Waals surface area contributed by atoms with E-state index in [1.807, 2.05) is 6.92 Å². The van der Waals surface area contributed by atoms with Crippen LogP contribution in [0.15, 0.2) is 22.7 Å². The topological polar surface area (TPSA) is 52.0 Å². The maximum Gasteiger partial charge on any atom is 0.230 e. The number of nitrogens with zero attached hydrogens (tertiary/aromatic N) is 1. The number of benzene rings is 1. The van der Waals surface area contributed by atoms with Crippen molar-refractivity contribution in [1.82, 2.24) is 5.16 Å². The molecule has 0 saturated heterocycles. The predicted octanol–water partition coefficient (Wildman–Crippen LogP) is 4.11. The Morgan fingerprint density at radius 3 is 2.47 bits per heavy atom. The molecule has 0 bridgehead atoms. The van der Waals surface area contributed by atoms with Gasteiger partial charge in [-0.05, 0) is 24.1 Å². The second-order valence-electron chi connectivity index (χ2n) is 4.65. The Bertz CT molecular complexity index is 561. The Morgan fingerprint density at radius 1 is 1.26 bits per heavy atom. The minimum absolute atomic E-state index is 0.0861. The van der Waals surface area contributed by atoms with Gasteiger partial charge in [0, 0.05) is 12.0 Å². The summed E-state index contributed by atoms with van der Waals surface area (Å²) in [7, 11) is 0. The van der Waals surface area contributed by atoms with Gasteiger partial charge in [0.25, 0.3) is 0 Å². The molecule has 2 N–H and O–H groups in total. The second kappa shape index (κ2) is 5.38. The molecule has 0 aliphatic rings. The second-order valence-corrected chi connectivity index (χ2v) is 4.65. The number of rotatable bonds is 4. The third kappa shape index (κ3) is 2.75. The fourth-order valence-corrected chi connectivity index (χ4v) is 2.21. The fraction of sp³-hybridized carbons (Fsp3) is 0.357. The largest absolute Gasteiger partial charge is 0.367 e. The van der Waals surface area contributed by atoms with Gasteiger partial charge in [0.05, 0.1) is 11.3 Å². The molecule has 2 rings (SSSR count). The van der Waals surface area contributed by atoms with Crippen LogP contribution in [0.2, 0.25) is 0 Å². The summed E-state index contributed by atoms with van der Waals surface area (Å²) in [4.78, 5) is 0. The molecule has 0 fully saturated rings. The van der Waals surface area contributed by atoms with Gasteiger partial charge in [0.2, 0.25) is 5.88 Å². The first kappa shape index (κ1) is 13.5. The zero-order valence-corrected chi connectivity index (χ0v) is 10.9. The number of hydrogen-bond donors (Lipinski definition) is 1. The van der Waals surface area contributed by atoms with Gasteiger partial charge in [0.1, 0.15) is 11.6 Å². The quantitative estimate of drug-likeness (QED) is 0.906. The average Bonchev–Trinajstić information content (AvgIpc) is 2.70. The summed E-state index contributed by atoms with van der Waals surface area (Å²) in [6.07, 6.45) is 1.88. The highest BCUT2D eigenvalue weighted by molar-refractivity contribution is 5.75. The third-order valence-corrected chi connectivity index (χ3v) is 3.08. The molecule has 1 atom stereocenters. The van der Waals surface area contributed by atoms with Crippen LogP contribution in [0.1, 0.15) is 38.3 Å². The summed E-state index contributed by atoms with van der Waals surface area (Å²) in [5.74, 6) is -1.09. The Labute approximate surface area is 110 Å². The summed E-state index contributed by atoms with van der Waals surface area (Å²) in [6.45, 7) is 4.04. The predicted molar refractivity (Wildman–Crippen MR) is 69.6 cm³/mol. The van der Waals surface area contributed by atoms with Gasteiger partial charge in [-0.15, -0.1) is 0 Å². The summed E-state index contributed by atoms with van der Waals surface area (Å²) < 4.78 is 31.6. The highest BCUT2D eigenvalue weighted by Crippen LogP contribution is 2.36. The van der Waals surface area contributed by atoms with Gasteiger partial charge < -0.3 is 10.3 Å². The first-order valence-corrected chi connectivity index (χ1v) is 6.24. The van der Waals surface area contributed by atoms with Crippen LogP contribution in [0.3, 0.4) is 0 Å². The molecule has 0 aliphatic heterocycles. The van der Waals surface area contributed by atoms with Crippen LogP contribution in [0.5, 0.6) is 0 Å². The lowest BCUT2D eigenvalue weighted by Gasteiger charge is -2.09. The van der Waals surface area contributed by atoms with Gasteiger partial charge >= 0.3 is 0 Å². The van der Waals surface area contributed by atoms with E-state index in [0.29, 0.717) is 16.8 Å². The molecule has 2 aromatic rings. The zero-order chi connectivity index (χ0) is 14.0. The van der Waals surface area contributed by atoms with Crippen LogP contribution >= 0.6 is 0 Å². The number of anilines is 1. The van der Waals surface area contributed by atoms with Crippen molar-refractivity contribution >= 4 is 5.88 Å². The lowest BCUT2D eigenvalue weighted by atomic mass is 9.95. The first-order valence-electron chi connectivity index (χ1n) is 6.24. The highest BCUT2D eigenvalue weighted by Gasteiger charge is 2.21. The Hall–Kier alpha value is -1.91. The molecular weight excluding hydrogens is 250 g/mol. The van der Waals surface area contributed by atoms with Crippen LogP contribution < -0.4 is 5.73 Å². The maximum absolute atomic E-state index is 13.3. The van der Waals surface area contributed by atoms with Gasteiger partial charge in [-0.1, -0.05) is 25.4 Å². The molecule has 0 saturated carbocycles. The number of nitrogens with two attached hydrogens (primary N) is 1. The molecule has 1 unspecified atom stereocenters. The SMILES string of the molecule is CCCC(C)c1noc(N)c1-c1cc(F)cc(F)c1. The van der Waals surface area contributed by atoms with Crippen LogP contribution in [-0.4, -0.2) is 5.16 Å². The zero-order valence-electron chi connectivity index (χ0n) is 10.9. The summed E-state index contributed by atoms with van der Waals surface area (Å²) in [5, 5.41) is 3.93. The Balaban J connectivity index is 2.52. The molecule has 0 amide bonds. The number of aromatic nitrogens is 1. The highest BCUT2D eigenvalue weighted by atomic mass is 19.1. The maximum atomic E-state index is 13.3. The molecule has 3 nitrogen and oxygen atoms in total. The van der Waals surface area contributed by atoms with Crippen LogP contribution in [-0.2, 0) is 0 Å². The molecule has 5 heteroatoms. The van der Waals surface area contributed by atoms with Crippen LogP contribution in [0.25, 0.3) is 11.1 Å². The van der Waals surface area contributed by atoms with E-state index < -0.39 is 11.6 Å². The third-order valence-electron chi connectivity index (χ3n) is 3.08. The van der Waals surface area contributed by atoms with Crippen molar-refractivity contribution < 1.29 is 13.3 Å². The fourth-order valence-electron chi connectivity index (χ4n) is 2.21. The molecular formula is C14H16F2N2O. The lowest BCUT2D eigenvalue weighted by molar-refractivity contribution is 0.419. The number of halogens is 2. The normalized spacial score (nSPS) is 12.6. The van der Waals surface area contributed by atoms with Crippen molar-refractivity contribution in [3.05, 3.63) is 35.5 Å². The molecule has 0 aliphatic carbocycles. The molecule has 1 aromatic carbocycles. The van der Waals surface area contributed by atoms with Gasteiger partial charge in [-0.3, -0.25) is 0 Å². The monoisotopic (exact) mass is 266 g/mol. The Kier molecular flexibility index (Phi) is 3.83. The molecule has 19 heavy (non-hydrogen) atoms. The minimum atomic E-state index is -0.648. The van der Waals surface area contributed by atoms with Crippen molar-refractivity contribution in [2.24, 2.45) is 0 Å². The summed E-state index contributed by atoms with van der Waals surface area (Å²) in [6, 6.07) is 3.28. The molecule has 1 heterocycles. The van der Waals surface area contributed by atoms with Gasteiger partial charge in [0.15, 0.2) is 0 Å². The first-order chi connectivity index (χ1) is 9.02. The van der Waals surface area contributed by atoms with E-state index in [1.54, 1.807) is 0 Å². The van der Waals surface area contributed by atoms with Crippen molar-refractivity contribution in [2.45, 2.75) is 32.6 Å². The van der Waals surface area contributed by atoms with E-state index in [1.165, 1.54) is 12.1 Å². The molecule has 0 radical (unpaired) electrons. The Morgan fingerprint density at radius 2 is 1.89 bits per heavy atom. The van der Waals surface area contributed by atoms with Gasteiger partial charge in [-0.25, -0.2) is 8.78 Å². The van der Waals surface area contributed by atoms with E-state index in [4.69, 9.17) is 10.3 Å². The summed E-state index contributed by atoms with van der Waals surface area (Å²) in [5.41, 5.74) is 7.22. The van der Waals surface area contributed by atoms with Crippen LogP contribution in [0.4, 0.5) is 14.7 Å². The molecule has 102 valence electrons. The van der Waals surface area contributed by atoms with E-state index in [2.05, 4.69) is 12.1 Å². The standard InChI is InChI=1S/C14H16F2N2O/c1-3-4-8(2)13-12(14(17)19-18-13)9-5-10(15)7-11(16)6-9/h5-8H,3-4,17H2,1-2H3. The number of nitrogen functional groups attached to an aromatic ring is 1. The molecule has 1 aromatic heterocycles. The van der Waals surface area contributed by atoms with Crippen molar-refractivity contribution in [1.29, 1.82) is 0 Å². The van der Waals surface area contributed by atoms with Crippen LogP contribution in [0, 0.1) is 11.6 Å². The lowest BCUT2D eigenvalue weighted by Crippen LogP contribution is -1.97. The van der Waals surface area contributed by atoms with Crippen molar-refractivity contribution in [3.63, 3.8) is 0 Å². The average molecular weight is 266 g/mol. The van der Waals surface area contributed by atoms with E-state index >= 15 is 0 Å². The van der Waals surface area contributed by atoms with Crippen molar-refractivity contribution in [2.75, 3.05) is 5.73 Å². The van der Waals surface area contributed by atoms with E-state index in [9.17, 15) is 8.78 Å². The van der Waals surface area contributed by atoms with E-state index in [0.717, 1.165) is 18.9 Å². The van der Waals surface area contributed by atoms with Crippen molar-refractivity contribution in [3.8, 4) is 11.1 Å². The van der Waals surface area contributed by atoms with Gasteiger partial charge in [-0.2, -0.15) is 0 Å².